The van der Waals surface area contributed by atoms with Crippen molar-refractivity contribution in [1.82, 2.24) is 0 Å². The zero-order chi connectivity index (χ0) is 13.7. The first-order valence-corrected chi connectivity index (χ1v) is 6.24. The van der Waals surface area contributed by atoms with Gasteiger partial charge in [-0.3, -0.25) is 0 Å². The largest absolute Gasteiger partial charge is 0.677 e. The molecule has 0 aromatic rings. The van der Waals surface area contributed by atoms with Crippen molar-refractivity contribution < 1.29 is 16.5 Å². The van der Waals surface area contributed by atoms with E-state index in [0.717, 1.165) is 25.7 Å². The molecular weight excluding hydrogens is 259 g/mol. The van der Waals surface area contributed by atoms with Gasteiger partial charge in [-0.25, -0.2) is 0 Å². The maximum atomic E-state index is 6.45. The van der Waals surface area contributed by atoms with Gasteiger partial charge in [-0.2, -0.15) is 26.2 Å². The normalized spacial score (nSPS) is 7.06. The van der Waals surface area contributed by atoms with E-state index in [-0.39, 0.29) is 16.5 Å². The number of rotatable bonds is 4. The van der Waals surface area contributed by atoms with Crippen LogP contribution in [-0.2, 0) is 16.5 Å². The molecule has 0 spiro atoms. The van der Waals surface area contributed by atoms with Gasteiger partial charge in [0.15, 0.2) is 0 Å². The van der Waals surface area contributed by atoms with Crippen LogP contribution < -0.4 is 0 Å². The Bertz CT molecular complexity index is 42.5. The third kappa shape index (κ3) is 179. The molecule has 4 N–H and O–H groups in total. The second-order valence-electron chi connectivity index (χ2n) is 3.00. The minimum absolute atomic E-state index is 0. The zero-order valence-electron chi connectivity index (χ0n) is 12.0. The molecule has 0 aromatic carbocycles. The fraction of sp³-hybridized carbons (Fsp3) is 1.00. The maximum Gasteiger partial charge on any atom is 0 e. The number of hydrogen-bond acceptors (Lipinski definition) is 0. The summed E-state index contributed by atoms with van der Waals surface area (Å²) in [7, 11) is 0. The number of hydrogen-bond donors (Lipinski definition) is 0. The van der Waals surface area contributed by atoms with Crippen LogP contribution in [-0.4, -0.2) is 26.2 Å². The van der Waals surface area contributed by atoms with Gasteiger partial charge in [-0.15, -0.1) is 0 Å². The van der Waals surface area contributed by atoms with Crippen molar-refractivity contribution in [2.45, 2.75) is 53.4 Å². The third-order valence-corrected chi connectivity index (χ3v) is 1.000. The predicted molar refractivity (Wildman–Crippen MR) is 77.9 cm³/mol. The van der Waals surface area contributed by atoms with Crippen molar-refractivity contribution in [3.8, 4) is 0 Å². The van der Waals surface area contributed by atoms with Crippen LogP contribution in [0.4, 0.5) is 0 Å². The summed E-state index contributed by atoms with van der Waals surface area (Å²) in [5.41, 5.74) is 25.8. The zero-order valence-corrected chi connectivity index (χ0v) is 13.0. The van der Waals surface area contributed by atoms with Crippen LogP contribution in [0.1, 0.15) is 53.4 Å². The minimum atomic E-state index is 0. The predicted octanol–water partition coefficient (Wildman–Crippen LogP) is 5.79. The molecule has 0 fully saturated rings. The Morgan fingerprint density at radius 2 is 0.529 bits per heavy atom. The smallest absolute Gasteiger partial charge is 0 e. The van der Waals surface area contributed by atoms with E-state index >= 15 is 0 Å². The Morgan fingerprint density at radius 1 is 0.471 bits per heavy atom. The van der Waals surface area contributed by atoms with Gasteiger partial charge in [0, 0.05) is 16.5 Å². The van der Waals surface area contributed by atoms with E-state index in [4.69, 9.17) is 22.9 Å². The number of nitrogens with one attached hydrogen (secondary N) is 4. The molecule has 0 aliphatic carbocycles. The van der Waals surface area contributed by atoms with Crippen molar-refractivity contribution in [1.29, 1.82) is 0 Å². The Kier molecular flexibility index (Phi) is 98.9. The molecule has 17 heavy (non-hydrogen) atoms. The summed E-state index contributed by atoms with van der Waals surface area (Å²) in [4.78, 5) is 0. The fourth-order valence-corrected chi connectivity index (χ4v) is 0. The van der Waals surface area contributed by atoms with E-state index < -0.39 is 0 Å². The Labute approximate surface area is 119 Å². The molecule has 0 saturated carbocycles. The molecule has 0 saturated heterocycles. The van der Waals surface area contributed by atoms with Crippen molar-refractivity contribution in [2.24, 2.45) is 0 Å². The summed E-state index contributed by atoms with van der Waals surface area (Å²) < 4.78 is 0. The van der Waals surface area contributed by atoms with Crippen LogP contribution in [0.15, 0.2) is 0 Å². The molecule has 4 nitrogen and oxygen atoms in total. The maximum absolute atomic E-state index is 6.45. The average molecular weight is 291 g/mol. The minimum Gasteiger partial charge on any atom is -0.677 e. The summed E-state index contributed by atoms with van der Waals surface area (Å²) in [5.74, 6) is 0. The van der Waals surface area contributed by atoms with Crippen molar-refractivity contribution >= 4 is 0 Å². The Morgan fingerprint density at radius 3 is 0.529 bits per heavy atom. The molecule has 0 aliphatic heterocycles. The summed E-state index contributed by atoms with van der Waals surface area (Å²) >= 11 is 0. The topological polar surface area (TPSA) is 95.2 Å². The molecule has 0 radical (unpaired) electrons. The van der Waals surface area contributed by atoms with Crippen molar-refractivity contribution in [3.63, 3.8) is 0 Å². The van der Waals surface area contributed by atoms with Crippen LogP contribution in [0.5, 0.6) is 0 Å². The fourth-order valence-electron chi connectivity index (χ4n) is 0. The van der Waals surface area contributed by atoms with Gasteiger partial charge in [-0.05, 0) is 0 Å². The molecule has 0 aliphatic rings. The van der Waals surface area contributed by atoms with E-state index in [1.165, 1.54) is 0 Å². The first-order chi connectivity index (χ1) is 7.66. The van der Waals surface area contributed by atoms with Gasteiger partial charge in [0.05, 0.1) is 0 Å². The molecule has 0 atom stereocenters. The molecule has 0 aromatic heterocycles. The Balaban J connectivity index is -0.0000000369. The van der Waals surface area contributed by atoms with Crippen LogP contribution in [0.2, 0.25) is 0 Å². The summed E-state index contributed by atoms with van der Waals surface area (Å²) in [6.45, 7) is 10.2. The molecule has 0 rings (SSSR count). The summed E-state index contributed by atoms with van der Waals surface area (Å²) in [5, 5.41) is 0. The van der Waals surface area contributed by atoms with E-state index in [1.54, 1.807) is 0 Å². The second-order valence-corrected chi connectivity index (χ2v) is 3.00. The molecule has 0 bridgehead atoms. The van der Waals surface area contributed by atoms with Crippen LogP contribution in [0, 0.1) is 0 Å². The average Bonchev–Trinajstić information content (AvgIpc) is 2.39. The van der Waals surface area contributed by atoms with Gasteiger partial charge in [0.2, 0.25) is 0 Å². The molecule has 114 valence electrons. The standard InChI is InChI=1S/4C3H8N.Ni/c4*1-2-3-4;/h4*4H,2-3H2,1H3;/q4*-1;. The van der Waals surface area contributed by atoms with Gasteiger partial charge < -0.3 is 22.9 Å². The van der Waals surface area contributed by atoms with Crippen LogP contribution >= 0.6 is 0 Å². The van der Waals surface area contributed by atoms with Gasteiger partial charge >= 0.3 is 0 Å². The first kappa shape index (κ1) is 30.4. The monoisotopic (exact) mass is 290 g/mol. The quantitative estimate of drug-likeness (QED) is 0.586. The molecule has 0 unspecified atom stereocenters. The first-order valence-electron chi connectivity index (χ1n) is 6.24. The van der Waals surface area contributed by atoms with Crippen molar-refractivity contribution in [2.75, 3.05) is 26.2 Å². The van der Waals surface area contributed by atoms with E-state index in [0.29, 0.717) is 26.2 Å². The van der Waals surface area contributed by atoms with Gasteiger partial charge in [0.25, 0.3) is 0 Å². The Hall–Kier alpha value is 0.334. The van der Waals surface area contributed by atoms with E-state index in [2.05, 4.69) is 0 Å². The summed E-state index contributed by atoms with van der Waals surface area (Å²) in [6, 6.07) is 0. The van der Waals surface area contributed by atoms with Crippen molar-refractivity contribution in [3.05, 3.63) is 22.9 Å². The third-order valence-electron chi connectivity index (χ3n) is 1.000. The van der Waals surface area contributed by atoms with E-state index in [9.17, 15) is 0 Å². The molecule has 0 heterocycles. The second kappa shape index (κ2) is 55.3. The SMILES string of the molecule is CCC[NH-].CCC[NH-].CCC[NH-].CCC[NH-].[Ni]. The van der Waals surface area contributed by atoms with Gasteiger partial charge in [-0.1, -0.05) is 53.4 Å². The summed E-state index contributed by atoms with van der Waals surface area (Å²) in [6.07, 6.45) is 3.94. The molecule has 5 heteroatoms. The van der Waals surface area contributed by atoms with E-state index in [1.807, 2.05) is 27.7 Å². The molecular formula is C12H32N4Ni-4. The van der Waals surface area contributed by atoms with Crippen LogP contribution in [0.3, 0.4) is 0 Å². The molecule has 0 amide bonds. The van der Waals surface area contributed by atoms with Crippen LogP contribution in [0.25, 0.3) is 22.9 Å². The van der Waals surface area contributed by atoms with Gasteiger partial charge in [0.1, 0.15) is 0 Å².